The first kappa shape index (κ1) is 17.9. The molecule has 2 aliphatic heterocycles. The van der Waals surface area contributed by atoms with E-state index in [0.29, 0.717) is 19.1 Å². The van der Waals surface area contributed by atoms with E-state index in [0.717, 1.165) is 49.0 Å². The van der Waals surface area contributed by atoms with Crippen LogP contribution < -0.4 is 10.6 Å². The van der Waals surface area contributed by atoms with Crippen LogP contribution in [0.5, 0.6) is 0 Å². The molecule has 0 aliphatic carbocycles. The van der Waals surface area contributed by atoms with Crippen LogP contribution in [0.4, 0.5) is 0 Å². The lowest BCUT2D eigenvalue weighted by atomic mass is 9.96. The Labute approximate surface area is 150 Å². The summed E-state index contributed by atoms with van der Waals surface area (Å²) in [5.41, 5.74) is 2.92. The van der Waals surface area contributed by atoms with Crippen molar-refractivity contribution in [3.05, 3.63) is 34.9 Å². The average Bonchev–Trinajstić information content (AvgIpc) is 3.12. The quantitative estimate of drug-likeness (QED) is 0.879. The van der Waals surface area contributed by atoms with Gasteiger partial charge < -0.3 is 15.5 Å². The molecule has 2 saturated heterocycles. The summed E-state index contributed by atoms with van der Waals surface area (Å²) in [7, 11) is 0. The van der Waals surface area contributed by atoms with Crippen molar-refractivity contribution in [3.63, 3.8) is 0 Å². The molecule has 1 aromatic carbocycles. The minimum absolute atomic E-state index is 0.0433. The molecule has 2 unspecified atom stereocenters. The lowest BCUT2D eigenvalue weighted by Gasteiger charge is -2.32. The summed E-state index contributed by atoms with van der Waals surface area (Å²) >= 11 is 0. The minimum Gasteiger partial charge on any atom is -0.354 e. The van der Waals surface area contributed by atoms with Crippen LogP contribution in [0.1, 0.15) is 47.2 Å². The summed E-state index contributed by atoms with van der Waals surface area (Å²) in [6.07, 6.45) is 4.06. The Balaban J connectivity index is 1.58. The van der Waals surface area contributed by atoms with Crippen molar-refractivity contribution >= 4 is 11.8 Å². The molecule has 0 radical (unpaired) electrons. The predicted molar refractivity (Wildman–Crippen MR) is 98.6 cm³/mol. The van der Waals surface area contributed by atoms with E-state index in [9.17, 15) is 9.59 Å². The van der Waals surface area contributed by atoms with E-state index in [1.54, 1.807) is 0 Å². The number of nitrogens with zero attached hydrogens (tertiary/aromatic N) is 1. The summed E-state index contributed by atoms with van der Waals surface area (Å²) in [5, 5.41) is 6.47. The van der Waals surface area contributed by atoms with Crippen molar-refractivity contribution in [2.75, 3.05) is 26.2 Å². The summed E-state index contributed by atoms with van der Waals surface area (Å²) < 4.78 is 0. The number of likely N-dealkylation sites (tertiary alicyclic amines) is 1. The van der Waals surface area contributed by atoms with Gasteiger partial charge in [0.2, 0.25) is 5.91 Å². The second-order valence-corrected chi connectivity index (χ2v) is 7.51. The van der Waals surface area contributed by atoms with Gasteiger partial charge in [-0.05, 0) is 58.2 Å². The van der Waals surface area contributed by atoms with Gasteiger partial charge in [0.05, 0.1) is 5.92 Å². The van der Waals surface area contributed by atoms with Crippen molar-refractivity contribution in [2.24, 2.45) is 5.92 Å². The molecule has 25 heavy (non-hydrogen) atoms. The van der Waals surface area contributed by atoms with E-state index in [-0.39, 0.29) is 17.7 Å². The maximum absolute atomic E-state index is 12.8. The first-order chi connectivity index (χ1) is 12.0. The van der Waals surface area contributed by atoms with Crippen molar-refractivity contribution in [3.8, 4) is 0 Å². The molecule has 0 bridgehead atoms. The fraction of sp³-hybridized carbons (Fsp3) is 0.600. The van der Waals surface area contributed by atoms with Crippen LogP contribution in [0, 0.1) is 19.8 Å². The zero-order chi connectivity index (χ0) is 17.8. The molecule has 2 atom stereocenters. The molecule has 1 aromatic rings. The maximum atomic E-state index is 12.8. The third kappa shape index (κ3) is 4.60. The van der Waals surface area contributed by atoms with E-state index in [1.807, 2.05) is 30.9 Å². The molecule has 0 spiro atoms. The van der Waals surface area contributed by atoms with Crippen molar-refractivity contribution in [1.82, 2.24) is 15.5 Å². The largest absolute Gasteiger partial charge is 0.354 e. The molecule has 136 valence electrons. The van der Waals surface area contributed by atoms with Gasteiger partial charge in [-0.15, -0.1) is 0 Å². The smallest absolute Gasteiger partial charge is 0.253 e. The van der Waals surface area contributed by atoms with Crippen molar-refractivity contribution < 1.29 is 9.59 Å². The minimum atomic E-state index is -0.0926. The van der Waals surface area contributed by atoms with Crippen LogP contribution in [0.25, 0.3) is 0 Å². The van der Waals surface area contributed by atoms with Crippen LogP contribution in [0.2, 0.25) is 0 Å². The van der Waals surface area contributed by atoms with Crippen LogP contribution in [0.3, 0.4) is 0 Å². The van der Waals surface area contributed by atoms with Crippen LogP contribution in [0.15, 0.2) is 18.2 Å². The molecular weight excluding hydrogens is 314 g/mol. The molecule has 2 heterocycles. The van der Waals surface area contributed by atoms with E-state index in [1.165, 1.54) is 6.42 Å². The SMILES string of the molecule is Cc1cc(C)cc(C(=O)N2CCCC(C(=O)NCC3CCCN3)C2)c1. The Morgan fingerprint density at radius 3 is 2.60 bits per heavy atom. The summed E-state index contributed by atoms with van der Waals surface area (Å²) in [5.74, 6) is 0.0402. The zero-order valence-corrected chi connectivity index (χ0v) is 15.3. The predicted octanol–water partition coefficient (Wildman–Crippen LogP) is 2.02. The standard InChI is InChI=1S/C20H29N3O2/c1-14-9-15(2)11-17(10-14)20(25)23-8-4-5-16(13-23)19(24)22-12-18-6-3-7-21-18/h9-11,16,18,21H,3-8,12-13H2,1-2H3,(H,22,24). The number of carbonyl (C=O) groups is 2. The van der Waals surface area contributed by atoms with Gasteiger partial charge in [-0.3, -0.25) is 9.59 Å². The Morgan fingerprint density at radius 1 is 1.16 bits per heavy atom. The third-order valence-corrected chi connectivity index (χ3v) is 5.23. The first-order valence-electron chi connectivity index (χ1n) is 9.41. The topological polar surface area (TPSA) is 61.4 Å². The van der Waals surface area contributed by atoms with E-state index >= 15 is 0 Å². The number of aryl methyl sites for hydroxylation is 2. The molecule has 0 aromatic heterocycles. The molecule has 2 amide bonds. The number of benzene rings is 1. The second kappa shape index (κ2) is 8.00. The molecule has 3 rings (SSSR count). The Kier molecular flexibility index (Phi) is 5.74. The summed E-state index contributed by atoms with van der Waals surface area (Å²) in [6, 6.07) is 6.34. The van der Waals surface area contributed by atoms with Gasteiger partial charge in [-0.1, -0.05) is 17.2 Å². The number of nitrogens with one attached hydrogen (secondary N) is 2. The summed E-state index contributed by atoms with van der Waals surface area (Å²) in [4.78, 5) is 27.2. The van der Waals surface area contributed by atoms with Gasteiger partial charge in [-0.2, -0.15) is 0 Å². The van der Waals surface area contributed by atoms with Crippen LogP contribution >= 0.6 is 0 Å². The summed E-state index contributed by atoms with van der Waals surface area (Å²) in [6.45, 7) is 7.01. The number of carbonyl (C=O) groups excluding carboxylic acids is 2. The van der Waals surface area contributed by atoms with Gasteiger partial charge >= 0.3 is 0 Å². The van der Waals surface area contributed by atoms with Crippen LogP contribution in [-0.4, -0.2) is 48.9 Å². The molecule has 5 nitrogen and oxygen atoms in total. The second-order valence-electron chi connectivity index (χ2n) is 7.51. The number of hydrogen-bond acceptors (Lipinski definition) is 3. The third-order valence-electron chi connectivity index (χ3n) is 5.23. The lowest BCUT2D eigenvalue weighted by Crippen LogP contribution is -2.47. The van der Waals surface area contributed by atoms with E-state index < -0.39 is 0 Å². The van der Waals surface area contributed by atoms with Gasteiger partial charge in [0.1, 0.15) is 0 Å². The fourth-order valence-electron chi connectivity index (χ4n) is 3.96. The van der Waals surface area contributed by atoms with E-state index in [4.69, 9.17) is 0 Å². The van der Waals surface area contributed by atoms with E-state index in [2.05, 4.69) is 16.7 Å². The molecule has 2 aliphatic rings. The van der Waals surface area contributed by atoms with Gasteiger partial charge in [0.15, 0.2) is 0 Å². The number of hydrogen-bond donors (Lipinski definition) is 2. The highest BCUT2D eigenvalue weighted by molar-refractivity contribution is 5.95. The number of piperidine rings is 1. The fourth-order valence-corrected chi connectivity index (χ4v) is 3.96. The monoisotopic (exact) mass is 343 g/mol. The van der Waals surface area contributed by atoms with Gasteiger partial charge in [0.25, 0.3) is 5.91 Å². The Hall–Kier alpha value is -1.88. The molecule has 0 saturated carbocycles. The number of amides is 2. The molecule has 2 fully saturated rings. The van der Waals surface area contributed by atoms with Gasteiger partial charge in [0, 0.05) is 31.2 Å². The molecule has 2 N–H and O–H groups in total. The Morgan fingerprint density at radius 2 is 1.92 bits per heavy atom. The van der Waals surface area contributed by atoms with Crippen molar-refractivity contribution in [1.29, 1.82) is 0 Å². The highest BCUT2D eigenvalue weighted by atomic mass is 16.2. The normalized spacial score (nSPS) is 23.5. The maximum Gasteiger partial charge on any atom is 0.253 e. The first-order valence-corrected chi connectivity index (χ1v) is 9.41. The van der Waals surface area contributed by atoms with Gasteiger partial charge in [-0.25, -0.2) is 0 Å². The lowest BCUT2D eigenvalue weighted by molar-refractivity contribution is -0.126. The molecular formula is C20H29N3O2. The zero-order valence-electron chi connectivity index (χ0n) is 15.3. The average molecular weight is 343 g/mol. The number of rotatable bonds is 4. The van der Waals surface area contributed by atoms with Crippen molar-refractivity contribution in [2.45, 2.75) is 45.6 Å². The highest BCUT2D eigenvalue weighted by Gasteiger charge is 2.29. The highest BCUT2D eigenvalue weighted by Crippen LogP contribution is 2.20. The Bertz CT molecular complexity index is 618. The molecule has 5 heteroatoms. The van der Waals surface area contributed by atoms with Crippen LogP contribution in [-0.2, 0) is 4.79 Å².